The SMILES string of the molecule is COc1ccc(N2CC(NC(=O)C3c4ccccc4Oc4ccccc43)CC2=O)cc1OC. The van der Waals surface area contributed by atoms with Crippen LogP contribution in [0.15, 0.2) is 66.7 Å². The maximum atomic E-state index is 13.5. The van der Waals surface area contributed by atoms with Crippen molar-refractivity contribution in [1.82, 2.24) is 5.32 Å². The largest absolute Gasteiger partial charge is 0.493 e. The van der Waals surface area contributed by atoms with Crippen molar-refractivity contribution < 1.29 is 23.8 Å². The summed E-state index contributed by atoms with van der Waals surface area (Å²) in [5, 5.41) is 3.10. The van der Waals surface area contributed by atoms with Crippen molar-refractivity contribution in [1.29, 1.82) is 0 Å². The molecule has 7 heteroatoms. The molecule has 1 N–H and O–H groups in total. The van der Waals surface area contributed by atoms with Crippen LogP contribution in [0, 0.1) is 0 Å². The number of fused-ring (bicyclic) bond motifs is 2. The van der Waals surface area contributed by atoms with Gasteiger partial charge in [-0.1, -0.05) is 36.4 Å². The highest BCUT2D eigenvalue weighted by Gasteiger charge is 2.37. The van der Waals surface area contributed by atoms with Gasteiger partial charge >= 0.3 is 0 Å². The highest BCUT2D eigenvalue weighted by atomic mass is 16.5. The van der Waals surface area contributed by atoms with Crippen molar-refractivity contribution in [3.8, 4) is 23.0 Å². The number of benzene rings is 3. The van der Waals surface area contributed by atoms with E-state index in [1.54, 1.807) is 31.3 Å². The molecular formula is C26H24N2O5. The topological polar surface area (TPSA) is 77.1 Å². The monoisotopic (exact) mass is 444 g/mol. The van der Waals surface area contributed by atoms with E-state index in [4.69, 9.17) is 14.2 Å². The maximum absolute atomic E-state index is 13.5. The van der Waals surface area contributed by atoms with Crippen LogP contribution in [0.5, 0.6) is 23.0 Å². The van der Waals surface area contributed by atoms with Gasteiger partial charge in [-0.2, -0.15) is 0 Å². The van der Waals surface area contributed by atoms with Gasteiger partial charge < -0.3 is 24.4 Å². The van der Waals surface area contributed by atoms with Gasteiger partial charge in [-0.3, -0.25) is 9.59 Å². The van der Waals surface area contributed by atoms with Gasteiger partial charge in [0.1, 0.15) is 11.5 Å². The lowest BCUT2D eigenvalue weighted by molar-refractivity contribution is -0.122. The molecule has 2 heterocycles. The zero-order chi connectivity index (χ0) is 22.9. The number of hydrogen-bond acceptors (Lipinski definition) is 5. The predicted octanol–water partition coefficient (Wildman–Crippen LogP) is 3.86. The van der Waals surface area contributed by atoms with E-state index in [1.807, 2.05) is 54.6 Å². The fraction of sp³-hybridized carbons (Fsp3) is 0.231. The first-order valence-electron chi connectivity index (χ1n) is 10.8. The van der Waals surface area contributed by atoms with Crippen molar-refractivity contribution >= 4 is 17.5 Å². The van der Waals surface area contributed by atoms with Gasteiger partial charge in [-0.05, 0) is 24.3 Å². The van der Waals surface area contributed by atoms with Crippen LogP contribution in [-0.4, -0.2) is 38.6 Å². The Bertz CT molecular complexity index is 1180. The number of rotatable bonds is 5. The van der Waals surface area contributed by atoms with Gasteiger partial charge in [-0.25, -0.2) is 0 Å². The van der Waals surface area contributed by atoms with Crippen LogP contribution in [0.25, 0.3) is 0 Å². The van der Waals surface area contributed by atoms with Crippen molar-refractivity contribution in [2.24, 2.45) is 0 Å². The molecule has 0 spiro atoms. The minimum Gasteiger partial charge on any atom is -0.493 e. The minimum absolute atomic E-state index is 0.0553. The number of amides is 2. The highest BCUT2D eigenvalue weighted by molar-refractivity contribution is 5.98. The van der Waals surface area contributed by atoms with Gasteiger partial charge in [-0.15, -0.1) is 0 Å². The van der Waals surface area contributed by atoms with Gasteiger partial charge in [0, 0.05) is 35.8 Å². The molecule has 0 radical (unpaired) electrons. The highest BCUT2D eigenvalue weighted by Crippen LogP contribution is 2.44. The van der Waals surface area contributed by atoms with E-state index in [1.165, 1.54) is 0 Å². The quantitative estimate of drug-likeness (QED) is 0.647. The summed E-state index contributed by atoms with van der Waals surface area (Å²) >= 11 is 0. The normalized spacial score (nSPS) is 17.1. The lowest BCUT2D eigenvalue weighted by Gasteiger charge is -2.28. The van der Waals surface area contributed by atoms with E-state index in [2.05, 4.69) is 5.32 Å². The van der Waals surface area contributed by atoms with Gasteiger partial charge in [0.25, 0.3) is 0 Å². The van der Waals surface area contributed by atoms with E-state index >= 15 is 0 Å². The van der Waals surface area contributed by atoms with Crippen LogP contribution >= 0.6 is 0 Å². The summed E-state index contributed by atoms with van der Waals surface area (Å²) in [5.74, 6) is 1.78. The van der Waals surface area contributed by atoms with Crippen LogP contribution in [0.1, 0.15) is 23.5 Å². The number of anilines is 1. The van der Waals surface area contributed by atoms with Gasteiger partial charge in [0.15, 0.2) is 11.5 Å². The Labute approximate surface area is 191 Å². The first kappa shape index (κ1) is 20.9. The zero-order valence-corrected chi connectivity index (χ0v) is 18.4. The lowest BCUT2D eigenvalue weighted by Crippen LogP contribution is -2.40. The lowest BCUT2D eigenvalue weighted by atomic mass is 9.87. The molecule has 33 heavy (non-hydrogen) atoms. The number of nitrogens with zero attached hydrogens (tertiary/aromatic N) is 1. The first-order chi connectivity index (χ1) is 16.1. The average Bonchev–Trinajstić information content (AvgIpc) is 3.21. The number of hydrogen-bond donors (Lipinski definition) is 1. The molecule has 0 saturated carbocycles. The third-order valence-corrected chi connectivity index (χ3v) is 6.09. The third-order valence-electron chi connectivity index (χ3n) is 6.09. The average molecular weight is 444 g/mol. The van der Waals surface area contributed by atoms with E-state index in [-0.39, 0.29) is 24.3 Å². The maximum Gasteiger partial charge on any atom is 0.232 e. The Balaban J connectivity index is 1.37. The van der Waals surface area contributed by atoms with Crippen LogP contribution in [0.3, 0.4) is 0 Å². The summed E-state index contributed by atoms with van der Waals surface area (Å²) in [7, 11) is 3.12. The van der Waals surface area contributed by atoms with Crippen molar-refractivity contribution in [2.45, 2.75) is 18.4 Å². The minimum atomic E-state index is -0.503. The van der Waals surface area contributed by atoms with E-state index in [0.717, 1.165) is 11.1 Å². The molecule has 2 aliphatic heterocycles. The molecule has 1 fully saturated rings. The summed E-state index contributed by atoms with van der Waals surface area (Å²) in [6, 6.07) is 20.2. The molecule has 168 valence electrons. The van der Waals surface area contributed by atoms with Crippen molar-refractivity contribution in [3.63, 3.8) is 0 Å². The molecule has 1 unspecified atom stereocenters. The fourth-order valence-electron chi connectivity index (χ4n) is 4.52. The molecule has 1 atom stereocenters. The molecule has 5 rings (SSSR count). The number of carbonyl (C=O) groups excluding carboxylic acids is 2. The van der Waals surface area contributed by atoms with Crippen molar-refractivity contribution in [2.75, 3.05) is 25.7 Å². The predicted molar refractivity (Wildman–Crippen MR) is 123 cm³/mol. The number of methoxy groups -OCH3 is 2. The zero-order valence-electron chi connectivity index (χ0n) is 18.4. The Kier molecular flexibility index (Phi) is 5.38. The second kappa shape index (κ2) is 8.50. The molecule has 3 aromatic rings. The fourth-order valence-corrected chi connectivity index (χ4v) is 4.52. The Morgan fingerprint density at radius 1 is 0.939 bits per heavy atom. The first-order valence-corrected chi connectivity index (χ1v) is 10.8. The molecule has 2 amide bonds. The second-order valence-electron chi connectivity index (χ2n) is 8.06. The van der Waals surface area contributed by atoms with E-state index < -0.39 is 5.92 Å². The Morgan fingerprint density at radius 3 is 2.21 bits per heavy atom. The number of carbonyl (C=O) groups is 2. The Morgan fingerprint density at radius 2 is 1.58 bits per heavy atom. The van der Waals surface area contributed by atoms with Gasteiger partial charge in [0.2, 0.25) is 11.8 Å². The summed E-state index contributed by atoms with van der Waals surface area (Å²) in [6.45, 7) is 0.382. The molecule has 2 aliphatic rings. The number of ether oxygens (including phenoxy) is 3. The number of nitrogens with one attached hydrogen (secondary N) is 1. The second-order valence-corrected chi connectivity index (χ2v) is 8.06. The molecule has 0 aromatic heterocycles. The Hall–Kier alpha value is -4.00. The molecular weight excluding hydrogens is 420 g/mol. The summed E-state index contributed by atoms with van der Waals surface area (Å²) in [6.07, 6.45) is 0.229. The van der Waals surface area contributed by atoms with Crippen LogP contribution < -0.4 is 24.4 Å². The molecule has 0 aliphatic carbocycles. The van der Waals surface area contributed by atoms with Crippen LogP contribution in [-0.2, 0) is 9.59 Å². The molecule has 1 saturated heterocycles. The molecule has 3 aromatic carbocycles. The van der Waals surface area contributed by atoms with Gasteiger partial charge in [0.05, 0.1) is 26.2 Å². The summed E-state index contributed by atoms with van der Waals surface area (Å²) in [5.41, 5.74) is 2.33. The summed E-state index contributed by atoms with van der Waals surface area (Å²) in [4.78, 5) is 27.9. The van der Waals surface area contributed by atoms with E-state index in [0.29, 0.717) is 35.2 Å². The van der Waals surface area contributed by atoms with Crippen LogP contribution in [0.4, 0.5) is 5.69 Å². The third kappa shape index (κ3) is 3.75. The van der Waals surface area contributed by atoms with Crippen molar-refractivity contribution in [3.05, 3.63) is 77.9 Å². The van der Waals surface area contributed by atoms with Crippen LogP contribution in [0.2, 0.25) is 0 Å². The summed E-state index contributed by atoms with van der Waals surface area (Å²) < 4.78 is 16.6. The molecule has 0 bridgehead atoms. The smallest absolute Gasteiger partial charge is 0.232 e. The molecule has 7 nitrogen and oxygen atoms in total. The number of para-hydroxylation sites is 2. The standard InChI is InChI=1S/C26H24N2O5/c1-31-22-12-11-17(14-23(22)32-2)28-15-16(13-24(28)29)27-26(30)25-18-7-3-5-9-20(18)33-21-10-6-4-8-19(21)25/h3-12,14,16,25H,13,15H2,1-2H3,(H,27,30). The van der Waals surface area contributed by atoms with E-state index in [9.17, 15) is 9.59 Å².